The van der Waals surface area contributed by atoms with Crippen LogP contribution in [0.2, 0.25) is 10.0 Å². The summed E-state index contributed by atoms with van der Waals surface area (Å²) in [5.41, 5.74) is 1.35. The van der Waals surface area contributed by atoms with E-state index in [0.717, 1.165) is 6.42 Å². The lowest BCUT2D eigenvalue weighted by molar-refractivity contribution is -0.140. The molecule has 0 aliphatic rings. The molecule has 0 heterocycles. The average molecular weight is 439 g/mol. The summed E-state index contributed by atoms with van der Waals surface area (Å²) < 4.78 is 13.2. The lowest BCUT2D eigenvalue weighted by atomic mass is 10.1. The highest BCUT2D eigenvalue weighted by atomic mass is 35.5. The number of carbonyl (C=O) groups excluding carboxylic acids is 2. The fourth-order valence-corrected chi connectivity index (χ4v) is 3.23. The summed E-state index contributed by atoms with van der Waals surface area (Å²) in [6.45, 7) is 5.72. The molecule has 29 heavy (non-hydrogen) atoms. The van der Waals surface area contributed by atoms with Crippen molar-refractivity contribution >= 4 is 35.0 Å². The van der Waals surface area contributed by atoms with Crippen LogP contribution in [0.25, 0.3) is 0 Å². The second-order valence-corrected chi connectivity index (χ2v) is 7.90. The minimum Gasteiger partial charge on any atom is -0.352 e. The van der Waals surface area contributed by atoms with Gasteiger partial charge in [-0.25, -0.2) is 4.39 Å². The summed E-state index contributed by atoms with van der Waals surface area (Å²) in [5.74, 6) is -0.862. The predicted molar refractivity (Wildman–Crippen MR) is 114 cm³/mol. The van der Waals surface area contributed by atoms with Crippen LogP contribution in [-0.4, -0.2) is 28.8 Å². The summed E-state index contributed by atoms with van der Waals surface area (Å²) in [6, 6.07) is 10.1. The summed E-state index contributed by atoms with van der Waals surface area (Å²) in [5, 5.41) is 3.82. The lowest BCUT2D eigenvalue weighted by Gasteiger charge is -2.30. The number of nitrogens with one attached hydrogen (secondary N) is 1. The maximum Gasteiger partial charge on any atom is 0.242 e. The van der Waals surface area contributed by atoms with Crippen LogP contribution in [0.4, 0.5) is 4.39 Å². The Balaban J connectivity index is 2.26. The first-order chi connectivity index (χ1) is 13.7. The standard InChI is InChI=1S/C22H25Cl2FN2O2/c1-4-14(2)26-22(29)15(3)27(13-17-7-8-18(23)12-20(17)24)21(28)11-16-5-9-19(25)10-6-16/h5-10,12,14-15H,4,11,13H2,1-3H3,(H,26,29)/t14-,15+/m1/s1. The van der Waals surface area contributed by atoms with E-state index in [-0.39, 0.29) is 36.6 Å². The van der Waals surface area contributed by atoms with Crippen molar-refractivity contribution in [1.29, 1.82) is 0 Å². The van der Waals surface area contributed by atoms with Gasteiger partial charge in [0.15, 0.2) is 0 Å². The van der Waals surface area contributed by atoms with Crippen molar-refractivity contribution < 1.29 is 14.0 Å². The van der Waals surface area contributed by atoms with Crippen molar-refractivity contribution in [3.8, 4) is 0 Å². The minimum absolute atomic E-state index is 0.00174. The van der Waals surface area contributed by atoms with Gasteiger partial charge in [0.1, 0.15) is 11.9 Å². The summed E-state index contributed by atoms with van der Waals surface area (Å²) in [4.78, 5) is 27.2. The van der Waals surface area contributed by atoms with Crippen LogP contribution < -0.4 is 5.32 Å². The summed E-state index contributed by atoms with van der Waals surface area (Å²) in [7, 11) is 0. The van der Waals surface area contributed by atoms with Crippen LogP contribution >= 0.6 is 23.2 Å². The van der Waals surface area contributed by atoms with Gasteiger partial charge >= 0.3 is 0 Å². The molecule has 0 saturated heterocycles. The average Bonchev–Trinajstić information content (AvgIpc) is 2.68. The van der Waals surface area contributed by atoms with Gasteiger partial charge in [-0.2, -0.15) is 0 Å². The van der Waals surface area contributed by atoms with Gasteiger partial charge in [0.25, 0.3) is 0 Å². The van der Waals surface area contributed by atoms with Gasteiger partial charge < -0.3 is 10.2 Å². The van der Waals surface area contributed by atoms with E-state index in [1.807, 2.05) is 13.8 Å². The van der Waals surface area contributed by atoms with Gasteiger partial charge in [-0.15, -0.1) is 0 Å². The lowest BCUT2D eigenvalue weighted by Crippen LogP contribution is -2.49. The highest BCUT2D eigenvalue weighted by Crippen LogP contribution is 2.23. The molecule has 2 rings (SSSR count). The van der Waals surface area contributed by atoms with Crippen molar-refractivity contribution in [3.63, 3.8) is 0 Å². The molecule has 156 valence electrons. The monoisotopic (exact) mass is 438 g/mol. The molecule has 2 aromatic carbocycles. The molecule has 0 bridgehead atoms. The highest BCUT2D eigenvalue weighted by Gasteiger charge is 2.27. The van der Waals surface area contributed by atoms with Crippen LogP contribution in [0.15, 0.2) is 42.5 Å². The second-order valence-electron chi connectivity index (χ2n) is 7.05. The smallest absolute Gasteiger partial charge is 0.242 e. The number of nitrogens with zero attached hydrogens (tertiary/aromatic N) is 1. The van der Waals surface area contributed by atoms with E-state index < -0.39 is 6.04 Å². The normalized spacial score (nSPS) is 12.9. The van der Waals surface area contributed by atoms with Crippen molar-refractivity contribution in [1.82, 2.24) is 10.2 Å². The molecule has 0 aliphatic carbocycles. The molecular weight excluding hydrogens is 414 g/mol. The number of carbonyl (C=O) groups is 2. The van der Waals surface area contributed by atoms with Crippen LogP contribution in [0.5, 0.6) is 0 Å². The molecule has 2 atom stereocenters. The first kappa shape index (κ1) is 23.2. The van der Waals surface area contributed by atoms with E-state index in [1.165, 1.54) is 17.0 Å². The maximum atomic E-state index is 13.2. The third kappa shape index (κ3) is 6.72. The fourth-order valence-electron chi connectivity index (χ4n) is 2.76. The number of rotatable bonds is 8. The molecular formula is C22H25Cl2FN2O2. The first-order valence-electron chi connectivity index (χ1n) is 9.49. The molecule has 2 amide bonds. The van der Waals surface area contributed by atoms with Gasteiger partial charge in [-0.1, -0.05) is 48.3 Å². The first-order valence-corrected chi connectivity index (χ1v) is 10.2. The molecule has 0 aliphatic heterocycles. The van der Waals surface area contributed by atoms with E-state index in [9.17, 15) is 14.0 Å². The number of benzene rings is 2. The highest BCUT2D eigenvalue weighted by molar-refractivity contribution is 6.35. The topological polar surface area (TPSA) is 49.4 Å². The van der Waals surface area contributed by atoms with Gasteiger partial charge in [-0.05, 0) is 55.7 Å². The zero-order chi connectivity index (χ0) is 21.6. The summed E-state index contributed by atoms with van der Waals surface area (Å²) in [6.07, 6.45) is 0.831. The largest absolute Gasteiger partial charge is 0.352 e. The van der Waals surface area contributed by atoms with Crippen LogP contribution in [0.3, 0.4) is 0 Å². The SMILES string of the molecule is CC[C@@H](C)NC(=O)[C@H](C)N(Cc1ccc(Cl)cc1Cl)C(=O)Cc1ccc(F)cc1. The predicted octanol–water partition coefficient (Wildman–Crippen LogP) is 5.01. The van der Waals surface area contributed by atoms with E-state index in [2.05, 4.69) is 5.32 Å². The van der Waals surface area contributed by atoms with Gasteiger partial charge in [0.05, 0.1) is 6.42 Å². The quantitative estimate of drug-likeness (QED) is 0.629. The van der Waals surface area contributed by atoms with E-state index in [4.69, 9.17) is 23.2 Å². The van der Waals surface area contributed by atoms with Crippen molar-refractivity contribution in [3.05, 3.63) is 69.5 Å². The van der Waals surface area contributed by atoms with Crippen molar-refractivity contribution in [2.24, 2.45) is 0 Å². The Labute approximate surface area is 181 Å². The van der Waals surface area contributed by atoms with Crippen LogP contribution in [0, 0.1) is 5.82 Å². The molecule has 0 aromatic heterocycles. The Hall–Kier alpha value is -2.11. The Kier molecular flexibility index (Phi) is 8.47. The van der Waals surface area contributed by atoms with Gasteiger partial charge in [0.2, 0.25) is 11.8 Å². The van der Waals surface area contributed by atoms with Crippen LogP contribution in [0.1, 0.15) is 38.3 Å². The molecule has 4 nitrogen and oxygen atoms in total. The Bertz CT molecular complexity index is 858. The fraction of sp³-hybridized carbons (Fsp3) is 0.364. The second kappa shape index (κ2) is 10.6. The molecule has 0 saturated carbocycles. The maximum absolute atomic E-state index is 13.2. The zero-order valence-electron chi connectivity index (χ0n) is 16.7. The van der Waals surface area contributed by atoms with E-state index in [1.54, 1.807) is 37.3 Å². The van der Waals surface area contributed by atoms with Crippen molar-refractivity contribution in [2.45, 2.75) is 52.2 Å². The number of hydrogen-bond acceptors (Lipinski definition) is 2. The molecule has 7 heteroatoms. The molecule has 0 radical (unpaired) electrons. The Morgan fingerprint density at radius 2 is 1.76 bits per heavy atom. The van der Waals surface area contributed by atoms with E-state index >= 15 is 0 Å². The third-order valence-electron chi connectivity index (χ3n) is 4.79. The number of hydrogen-bond donors (Lipinski definition) is 1. The minimum atomic E-state index is -0.705. The van der Waals surface area contributed by atoms with E-state index in [0.29, 0.717) is 21.2 Å². The molecule has 0 unspecified atom stereocenters. The Morgan fingerprint density at radius 1 is 1.10 bits per heavy atom. The number of halogens is 3. The van der Waals surface area contributed by atoms with Crippen molar-refractivity contribution in [2.75, 3.05) is 0 Å². The number of amides is 2. The van der Waals surface area contributed by atoms with Gasteiger partial charge in [0, 0.05) is 22.6 Å². The van der Waals surface area contributed by atoms with Crippen LogP contribution in [-0.2, 0) is 22.6 Å². The Morgan fingerprint density at radius 3 is 2.34 bits per heavy atom. The van der Waals surface area contributed by atoms with Gasteiger partial charge in [-0.3, -0.25) is 9.59 Å². The summed E-state index contributed by atoms with van der Waals surface area (Å²) >= 11 is 12.2. The molecule has 1 N–H and O–H groups in total. The molecule has 2 aromatic rings. The zero-order valence-corrected chi connectivity index (χ0v) is 18.2. The third-order valence-corrected chi connectivity index (χ3v) is 5.38. The molecule has 0 fully saturated rings. The molecule has 0 spiro atoms.